The molecule has 2 heterocycles. The van der Waals surface area contributed by atoms with Crippen LogP contribution in [0.15, 0.2) is 71.3 Å². The second-order valence-electron chi connectivity index (χ2n) is 7.70. The minimum Gasteiger partial charge on any atom is -0.464 e. The van der Waals surface area contributed by atoms with Gasteiger partial charge in [0.25, 0.3) is 0 Å². The van der Waals surface area contributed by atoms with Crippen LogP contribution < -0.4 is 10.2 Å². The third-order valence-electron chi connectivity index (χ3n) is 5.81. The molecule has 4 aromatic rings. The molecule has 0 saturated carbocycles. The second kappa shape index (κ2) is 7.63. The highest BCUT2D eigenvalue weighted by atomic mass is 16.3. The Balaban J connectivity index is 1.34. The highest BCUT2D eigenvalue weighted by Crippen LogP contribution is 2.30. The van der Waals surface area contributed by atoms with Gasteiger partial charge >= 0.3 is 0 Å². The normalized spacial score (nSPS) is 14.0. The van der Waals surface area contributed by atoms with Gasteiger partial charge in [0.2, 0.25) is 5.91 Å². The highest BCUT2D eigenvalue weighted by molar-refractivity contribution is 6.08. The molecule has 1 aliphatic heterocycles. The van der Waals surface area contributed by atoms with E-state index >= 15 is 0 Å². The van der Waals surface area contributed by atoms with E-state index in [-0.39, 0.29) is 5.91 Å². The lowest BCUT2D eigenvalue weighted by atomic mass is 10.0. The van der Waals surface area contributed by atoms with Gasteiger partial charge in [0.1, 0.15) is 5.58 Å². The number of para-hydroxylation sites is 1. The first kappa shape index (κ1) is 17.8. The number of hydrogen-bond acceptors (Lipinski definition) is 3. The van der Waals surface area contributed by atoms with Gasteiger partial charge in [-0.1, -0.05) is 48.5 Å². The summed E-state index contributed by atoms with van der Waals surface area (Å²) in [5.41, 5.74) is 4.17. The van der Waals surface area contributed by atoms with Gasteiger partial charge in [-0.15, -0.1) is 0 Å². The monoisotopic (exact) mass is 384 g/mol. The summed E-state index contributed by atoms with van der Waals surface area (Å²) in [6, 6.07) is 20.6. The molecule has 146 valence electrons. The zero-order valence-electron chi connectivity index (χ0n) is 16.4. The largest absolute Gasteiger partial charge is 0.464 e. The van der Waals surface area contributed by atoms with Gasteiger partial charge in [-0.25, -0.2) is 0 Å². The van der Waals surface area contributed by atoms with Crippen LogP contribution in [0.3, 0.4) is 0 Å². The van der Waals surface area contributed by atoms with E-state index in [1.54, 1.807) is 6.26 Å². The average molecular weight is 384 g/mol. The number of amides is 1. The third kappa shape index (κ3) is 3.46. The molecule has 1 saturated heterocycles. The fourth-order valence-corrected chi connectivity index (χ4v) is 4.36. The van der Waals surface area contributed by atoms with Crippen molar-refractivity contribution in [3.63, 3.8) is 0 Å². The lowest BCUT2D eigenvalue weighted by molar-refractivity contribution is -0.120. The minimum atomic E-state index is 0.0110. The van der Waals surface area contributed by atoms with Gasteiger partial charge in [0.05, 0.1) is 12.7 Å². The van der Waals surface area contributed by atoms with E-state index in [9.17, 15) is 4.79 Å². The van der Waals surface area contributed by atoms with E-state index in [1.807, 2.05) is 24.3 Å². The zero-order valence-corrected chi connectivity index (χ0v) is 16.4. The van der Waals surface area contributed by atoms with Gasteiger partial charge in [0.15, 0.2) is 0 Å². The van der Waals surface area contributed by atoms with Gasteiger partial charge < -0.3 is 14.6 Å². The first-order chi connectivity index (χ1) is 14.3. The first-order valence-electron chi connectivity index (χ1n) is 10.3. The maximum Gasteiger partial charge on any atom is 0.224 e. The molecule has 1 aromatic heterocycles. The molecular formula is C25H24N2O2. The predicted molar refractivity (Wildman–Crippen MR) is 117 cm³/mol. The van der Waals surface area contributed by atoms with E-state index in [2.05, 4.69) is 46.6 Å². The van der Waals surface area contributed by atoms with Crippen LogP contribution in [0.1, 0.15) is 24.0 Å². The van der Waals surface area contributed by atoms with E-state index in [0.29, 0.717) is 13.0 Å². The number of hydrogen-bond donors (Lipinski definition) is 1. The van der Waals surface area contributed by atoms with Crippen molar-refractivity contribution in [3.8, 4) is 0 Å². The SMILES string of the molecule is O=C(Cc1coc2ccc3ccccc3c12)NCc1ccccc1N1CCCC1. The molecule has 29 heavy (non-hydrogen) atoms. The van der Waals surface area contributed by atoms with Crippen LogP contribution in [0.2, 0.25) is 0 Å². The van der Waals surface area contributed by atoms with Crippen LogP contribution in [0, 0.1) is 0 Å². The van der Waals surface area contributed by atoms with Crippen LogP contribution in [-0.2, 0) is 17.8 Å². The summed E-state index contributed by atoms with van der Waals surface area (Å²) in [6.07, 6.45) is 4.51. The summed E-state index contributed by atoms with van der Waals surface area (Å²) in [5.74, 6) is 0.0110. The zero-order chi connectivity index (χ0) is 19.6. The maximum absolute atomic E-state index is 12.7. The van der Waals surface area contributed by atoms with E-state index in [4.69, 9.17) is 4.42 Å². The summed E-state index contributed by atoms with van der Waals surface area (Å²) < 4.78 is 5.72. The number of benzene rings is 3. The molecule has 0 bridgehead atoms. The molecule has 1 amide bonds. The fraction of sp³-hybridized carbons (Fsp3) is 0.240. The minimum absolute atomic E-state index is 0.0110. The predicted octanol–water partition coefficient (Wildman–Crippen LogP) is 5.05. The topological polar surface area (TPSA) is 45.5 Å². The maximum atomic E-state index is 12.7. The molecule has 0 atom stereocenters. The van der Waals surface area contributed by atoms with E-state index in [1.165, 1.54) is 24.1 Å². The molecule has 0 unspecified atom stereocenters. The molecule has 5 rings (SSSR count). The number of anilines is 1. The highest BCUT2D eigenvalue weighted by Gasteiger charge is 2.17. The smallest absolute Gasteiger partial charge is 0.224 e. The van der Waals surface area contributed by atoms with Gasteiger partial charge in [-0.2, -0.15) is 0 Å². The molecule has 4 heteroatoms. The Morgan fingerprint density at radius 1 is 0.931 bits per heavy atom. The number of nitrogens with one attached hydrogen (secondary N) is 1. The van der Waals surface area contributed by atoms with Crippen molar-refractivity contribution in [3.05, 3.63) is 78.1 Å². The second-order valence-corrected chi connectivity index (χ2v) is 7.70. The number of carbonyl (C=O) groups excluding carboxylic acids is 1. The molecule has 0 spiro atoms. The molecular weight excluding hydrogens is 360 g/mol. The van der Waals surface area contributed by atoms with Crippen LogP contribution >= 0.6 is 0 Å². The number of rotatable bonds is 5. The molecule has 0 aliphatic carbocycles. The van der Waals surface area contributed by atoms with Crippen LogP contribution in [-0.4, -0.2) is 19.0 Å². The Morgan fingerprint density at radius 2 is 1.72 bits per heavy atom. The first-order valence-corrected chi connectivity index (χ1v) is 10.3. The van der Waals surface area contributed by atoms with Crippen LogP contribution in [0.4, 0.5) is 5.69 Å². The fourth-order valence-electron chi connectivity index (χ4n) is 4.36. The Labute approximate surface area is 170 Å². The molecule has 4 nitrogen and oxygen atoms in total. The van der Waals surface area contributed by atoms with Crippen molar-refractivity contribution in [2.24, 2.45) is 0 Å². The Hall–Kier alpha value is -3.27. The third-order valence-corrected chi connectivity index (χ3v) is 5.81. The van der Waals surface area contributed by atoms with Gasteiger partial charge in [0, 0.05) is 36.3 Å². The number of fused-ring (bicyclic) bond motifs is 3. The van der Waals surface area contributed by atoms with Crippen molar-refractivity contribution in [2.75, 3.05) is 18.0 Å². The van der Waals surface area contributed by atoms with Crippen molar-refractivity contribution in [1.82, 2.24) is 5.32 Å². The Morgan fingerprint density at radius 3 is 2.62 bits per heavy atom. The number of carbonyl (C=O) groups is 1. The van der Waals surface area contributed by atoms with Crippen molar-refractivity contribution < 1.29 is 9.21 Å². The van der Waals surface area contributed by atoms with Gasteiger partial charge in [-0.05, 0) is 41.3 Å². The van der Waals surface area contributed by atoms with Crippen molar-refractivity contribution in [1.29, 1.82) is 0 Å². The lowest BCUT2D eigenvalue weighted by Crippen LogP contribution is -2.26. The molecule has 1 fully saturated rings. The molecule has 1 N–H and O–H groups in total. The van der Waals surface area contributed by atoms with Crippen molar-refractivity contribution in [2.45, 2.75) is 25.8 Å². The average Bonchev–Trinajstić information content (AvgIpc) is 3.43. The molecule has 0 radical (unpaired) electrons. The van der Waals surface area contributed by atoms with E-state index < -0.39 is 0 Å². The summed E-state index contributed by atoms with van der Waals surface area (Å²) >= 11 is 0. The standard InChI is InChI=1S/C25H24N2O2/c28-24(26-16-19-8-2-4-10-22(19)27-13-5-6-14-27)15-20-17-29-23-12-11-18-7-1-3-9-21(18)25(20)23/h1-4,7-12,17H,5-6,13-16H2,(H,26,28). The molecule has 1 aliphatic rings. The van der Waals surface area contributed by atoms with Crippen molar-refractivity contribution >= 4 is 33.3 Å². The Kier molecular flexibility index (Phi) is 4.68. The molecule has 3 aromatic carbocycles. The van der Waals surface area contributed by atoms with Crippen LogP contribution in [0.5, 0.6) is 0 Å². The summed E-state index contributed by atoms with van der Waals surface area (Å²) in [6.45, 7) is 2.74. The van der Waals surface area contributed by atoms with Gasteiger partial charge in [-0.3, -0.25) is 4.79 Å². The van der Waals surface area contributed by atoms with E-state index in [0.717, 1.165) is 40.4 Å². The summed E-state index contributed by atoms with van der Waals surface area (Å²) in [7, 11) is 0. The summed E-state index contributed by atoms with van der Waals surface area (Å²) in [4.78, 5) is 15.1. The Bertz CT molecular complexity index is 1170. The van der Waals surface area contributed by atoms with Crippen LogP contribution in [0.25, 0.3) is 21.7 Å². The lowest BCUT2D eigenvalue weighted by Gasteiger charge is -2.21. The summed E-state index contributed by atoms with van der Waals surface area (Å²) in [5, 5.41) is 6.43. The quantitative estimate of drug-likeness (QED) is 0.524. The number of nitrogens with zero attached hydrogens (tertiary/aromatic N) is 1. The number of furan rings is 1.